The van der Waals surface area contributed by atoms with Gasteiger partial charge in [-0.15, -0.1) is 11.3 Å². The minimum Gasteiger partial charge on any atom is -0.479 e. The van der Waals surface area contributed by atoms with Gasteiger partial charge in [-0.25, -0.2) is 13.6 Å². The van der Waals surface area contributed by atoms with E-state index in [2.05, 4.69) is 0 Å². The second-order valence-electron chi connectivity index (χ2n) is 5.45. The molecule has 9 heteroatoms. The van der Waals surface area contributed by atoms with Crippen molar-refractivity contribution in [1.29, 1.82) is 0 Å². The highest BCUT2D eigenvalue weighted by molar-refractivity contribution is 7.12. The molecule has 1 aliphatic heterocycles. The molecule has 0 amide bonds. The van der Waals surface area contributed by atoms with E-state index >= 15 is 0 Å². The van der Waals surface area contributed by atoms with Crippen LogP contribution in [-0.2, 0) is 9.53 Å². The van der Waals surface area contributed by atoms with E-state index in [0.29, 0.717) is 11.3 Å². The summed E-state index contributed by atoms with van der Waals surface area (Å²) in [4.78, 5) is 10.8. The van der Waals surface area contributed by atoms with E-state index in [9.17, 15) is 26.7 Å². The van der Waals surface area contributed by atoms with Gasteiger partial charge in [-0.3, -0.25) is 0 Å². The lowest BCUT2D eigenvalue weighted by Crippen LogP contribution is -2.47. The third kappa shape index (κ3) is 2.30. The zero-order valence-corrected chi connectivity index (χ0v) is 12.6. The molecule has 0 saturated carbocycles. The Morgan fingerprint density at radius 3 is 2.23 bits per heavy atom. The molecule has 2 heterocycles. The fraction of sp³-hybridized carbons (Fsp3) is 0.615. The first-order valence-corrected chi connectivity index (χ1v) is 7.15. The molecule has 1 aromatic heterocycles. The van der Waals surface area contributed by atoms with E-state index in [1.165, 1.54) is 6.92 Å². The number of hydrogen-bond donors (Lipinski definition) is 1. The highest BCUT2D eigenvalue weighted by Crippen LogP contribution is 2.54. The van der Waals surface area contributed by atoms with Gasteiger partial charge in [-0.2, -0.15) is 13.2 Å². The number of carboxylic acids is 1. The molecule has 0 radical (unpaired) electrons. The van der Waals surface area contributed by atoms with Crippen molar-refractivity contribution in [2.75, 3.05) is 0 Å². The van der Waals surface area contributed by atoms with Crippen molar-refractivity contribution in [1.82, 2.24) is 0 Å². The first-order valence-electron chi connectivity index (χ1n) is 6.33. The molecule has 0 unspecified atom stereocenters. The Kier molecular flexibility index (Phi) is 4.02. The fourth-order valence-corrected chi connectivity index (χ4v) is 3.83. The maximum atomic E-state index is 13.9. The standard InChI is InChI=1S/C13H13F5O3S/c1-4-6(10-8(15)7(14)5(2)22-10)9(11(19)20)21-12(4,3)13(16,17)18/h4,6,9H,1-3H3,(H,19,20)/t4-,6-,9+,12+/m0/s1. The molecule has 1 aliphatic rings. The number of ether oxygens (including phenoxy) is 1. The van der Waals surface area contributed by atoms with Gasteiger partial charge in [0.25, 0.3) is 0 Å². The van der Waals surface area contributed by atoms with Crippen molar-refractivity contribution in [3.05, 3.63) is 21.4 Å². The van der Waals surface area contributed by atoms with Crippen LogP contribution in [0.1, 0.15) is 29.5 Å². The zero-order valence-electron chi connectivity index (χ0n) is 11.8. The van der Waals surface area contributed by atoms with Crippen molar-refractivity contribution in [3.63, 3.8) is 0 Å². The summed E-state index contributed by atoms with van der Waals surface area (Å²) >= 11 is 0.614. The lowest BCUT2D eigenvalue weighted by molar-refractivity contribution is -0.273. The number of rotatable bonds is 2. The Morgan fingerprint density at radius 2 is 1.86 bits per heavy atom. The molecule has 0 bridgehead atoms. The van der Waals surface area contributed by atoms with Crippen LogP contribution in [0.15, 0.2) is 0 Å². The Labute approximate surface area is 126 Å². The van der Waals surface area contributed by atoms with E-state index in [-0.39, 0.29) is 9.75 Å². The van der Waals surface area contributed by atoms with Crippen molar-refractivity contribution >= 4 is 17.3 Å². The van der Waals surface area contributed by atoms with Crippen LogP contribution in [0, 0.1) is 24.5 Å². The molecule has 0 aromatic carbocycles. The number of halogens is 5. The molecule has 124 valence electrons. The number of aryl methyl sites for hydroxylation is 1. The molecular formula is C13H13F5O3S. The summed E-state index contributed by atoms with van der Waals surface area (Å²) in [6.07, 6.45) is -6.73. The smallest absolute Gasteiger partial charge is 0.417 e. The third-order valence-corrected chi connectivity index (χ3v) is 5.35. The van der Waals surface area contributed by atoms with E-state index < -0.39 is 47.3 Å². The number of alkyl halides is 3. The van der Waals surface area contributed by atoms with Crippen molar-refractivity contribution in [2.45, 2.75) is 44.6 Å². The highest BCUT2D eigenvalue weighted by atomic mass is 32.1. The van der Waals surface area contributed by atoms with Crippen LogP contribution in [-0.4, -0.2) is 29.0 Å². The summed E-state index contributed by atoms with van der Waals surface area (Å²) in [5.74, 6) is -6.92. The molecule has 1 N–H and O–H groups in total. The van der Waals surface area contributed by atoms with Gasteiger partial charge in [0.05, 0.1) is 4.88 Å². The van der Waals surface area contributed by atoms with Gasteiger partial charge in [-0.05, 0) is 13.8 Å². The third-order valence-electron chi connectivity index (χ3n) is 4.20. The van der Waals surface area contributed by atoms with Gasteiger partial charge in [0.2, 0.25) is 0 Å². The summed E-state index contributed by atoms with van der Waals surface area (Å²) < 4.78 is 71.9. The molecule has 0 spiro atoms. The zero-order chi connectivity index (χ0) is 17.0. The summed E-state index contributed by atoms with van der Waals surface area (Å²) in [5.41, 5.74) is -2.75. The molecule has 1 saturated heterocycles. The quantitative estimate of drug-likeness (QED) is 0.829. The Balaban J connectivity index is 2.57. The number of hydrogen-bond acceptors (Lipinski definition) is 3. The number of carbonyl (C=O) groups is 1. The Hall–Kier alpha value is -1.22. The van der Waals surface area contributed by atoms with Crippen LogP contribution in [0.25, 0.3) is 0 Å². The molecule has 1 aromatic rings. The minimum absolute atomic E-state index is 0.0514. The molecule has 3 nitrogen and oxygen atoms in total. The number of aliphatic carboxylic acids is 1. The molecule has 1 fully saturated rings. The first-order chi connectivity index (χ1) is 9.91. The number of thiophene rings is 1. The van der Waals surface area contributed by atoms with E-state index in [4.69, 9.17) is 9.84 Å². The molecular weight excluding hydrogens is 331 g/mol. The van der Waals surface area contributed by atoms with Gasteiger partial charge in [0.1, 0.15) is 0 Å². The molecule has 22 heavy (non-hydrogen) atoms. The SMILES string of the molecule is Cc1sc([C@@H]2[C@H](C(=O)O)O[C@@](C)(C(F)(F)F)[C@H]2C)c(F)c1F. The largest absolute Gasteiger partial charge is 0.479 e. The van der Waals surface area contributed by atoms with Crippen molar-refractivity contribution in [3.8, 4) is 0 Å². The van der Waals surface area contributed by atoms with Gasteiger partial charge >= 0.3 is 12.1 Å². The minimum atomic E-state index is -4.84. The fourth-order valence-electron chi connectivity index (χ4n) is 2.67. The number of carboxylic acid groups (broad SMARTS) is 1. The summed E-state index contributed by atoms with van der Waals surface area (Å²) in [5, 5.41) is 9.12. The molecule has 2 rings (SSSR count). The predicted molar refractivity (Wildman–Crippen MR) is 67.8 cm³/mol. The normalized spacial score (nSPS) is 32.5. The second-order valence-corrected chi connectivity index (χ2v) is 6.70. The lowest BCUT2D eigenvalue weighted by atomic mass is 9.80. The van der Waals surface area contributed by atoms with Crippen LogP contribution < -0.4 is 0 Å². The Bertz CT molecular complexity index is 612. The van der Waals surface area contributed by atoms with E-state index in [1.54, 1.807) is 0 Å². The van der Waals surface area contributed by atoms with Gasteiger partial charge in [0.15, 0.2) is 23.3 Å². The maximum absolute atomic E-state index is 13.9. The van der Waals surface area contributed by atoms with Crippen LogP contribution >= 0.6 is 11.3 Å². The lowest BCUT2D eigenvalue weighted by Gasteiger charge is -2.31. The topological polar surface area (TPSA) is 46.5 Å². The van der Waals surface area contributed by atoms with Crippen molar-refractivity contribution < 1.29 is 36.6 Å². The second kappa shape index (κ2) is 5.16. The summed E-state index contributed by atoms with van der Waals surface area (Å²) in [6, 6.07) is 0. The van der Waals surface area contributed by atoms with Gasteiger partial charge in [0, 0.05) is 16.7 Å². The first kappa shape index (κ1) is 17.1. The maximum Gasteiger partial charge on any atom is 0.417 e. The van der Waals surface area contributed by atoms with Crippen molar-refractivity contribution in [2.24, 2.45) is 5.92 Å². The van der Waals surface area contributed by atoms with Crippen LogP contribution in [0.5, 0.6) is 0 Å². The summed E-state index contributed by atoms with van der Waals surface area (Å²) in [6.45, 7) is 3.13. The molecule has 4 atom stereocenters. The summed E-state index contributed by atoms with van der Waals surface area (Å²) in [7, 11) is 0. The Morgan fingerprint density at radius 1 is 1.32 bits per heavy atom. The highest BCUT2D eigenvalue weighted by Gasteiger charge is 2.66. The van der Waals surface area contributed by atoms with E-state index in [0.717, 1.165) is 13.8 Å². The monoisotopic (exact) mass is 344 g/mol. The van der Waals surface area contributed by atoms with Crippen LogP contribution in [0.2, 0.25) is 0 Å². The predicted octanol–water partition coefficient (Wildman–Crippen LogP) is 3.86. The molecule has 0 aliphatic carbocycles. The average Bonchev–Trinajstić information content (AvgIpc) is 2.80. The average molecular weight is 344 g/mol. The van der Waals surface area contributed by atoms with Gasteiger partial charge in [-0.1, -0.05) is 6.92 Å². The van der Waals surface area contributed by atoms with Gasteiger partial charge < -0.3 is 9.84 Å². The van der Waals surface area contributed by atoms with Crippen LogP contribution in [0.3, 0.4) is 0 Å². The van der Waals surface area contributed by atoms with Crippen LogP contribution in [0.4, 0.5) is 22.0 Å². The van der Waals surface area contributed by atoms with E-state index in [1.807, 2.05) is 0 Å².